The molecule has 0 aromatic rings. The zero-order chi connectivity index (χ0) is 23.3. The lowest BCUT2D eigenvalue weighted by molar-refractivity contribution is -0.131. The molecule has 4 N–H and O–H groups in total. The molecule has 0 heterocycles. The fraction of sp³-hybridized carbons (Fsp3) is 0.440. The Morgan fingerprint density at radius 2 is 1.52 bits per heavy atom. The van der Waals surface area contributed by atoms with E-state index in [0.717, 1.165) is 38.2 Å². The second kappa shape index (κ2) is 19.8. The number of unbranched alkanes of at least 4 members (excludes halogenated alkanes) is 3. The van der Waals surface area contributed by atoms with Crippen molar-refractivity contribution in [2.45, 2.75) is 57.6 Å². The van der Waals surface area contributed by atoms with Crippen molar-refractivity contribution in [3.8, 4) is 0 Å². The monoisotopic (exact) mass is 447 g/mol. The van der Waals surface area contributed by atoms with Crippen molar-refractivity contribution in [2.75, 3.05) is 5.75 Å². The maximum atomic E-state index is 12.5. The highest BCUT2D eigenvalue weighted by atomic mass is 32.1. The maximum Gasteiger partial charge on any atom is 0.328 e. The number of allylic oxidation sites excluding steroid dienone is 10. The second-order valence-corrected chi connectivity index (χ2v) is 7.43. The molecule has 6 heteroatoms. The summed E-state index contributed by atoms with van der Waals surface area (Å²) in [7, 11) is 0. The van der Waals surface area contributed by atoms with Gasteiger partial charge >= 0.3 is 5.97 Å². The zero-order valence-corrected chi connectivity index (χ0v) is 19.2. The van der Waals surface area contributed by atoms with Crippen molar-refractivity contribution >= 4 is 24.4 Å². The number of thiol groups is 1. The van der Waals surface area contributed by atoms with Crippen molar-refractivity contribution in [2.24, 2.45) is 11.7 Å². The van der Waals surface area contributed by atoms with E-state index in [2.05, 4.69) is 19.6 Å². The Morgan fingerprint density at radius 3 is 2.06 bits per heavy atom. The van der Waals surface area contributed by atoms with E-state index >= 15 is 0 Å². The van der Waals surface area contributed by atoms with Gasteiger partial charge in [-0.25, -0.2) is 4.79 Å². The van der Waals surface area contributed by atoms with E-state index in [4.69, 9.17) is 10.8 Å². The number of nitrogens with two attached hydrogens (primary N) is 1. The van der Waals surface area contributed by atoms with Gasteiger partial charge in [0.15, 0.2) is 5.78 Å². The van der Waals surface area contributed by atoms with Crippen molar-refractivity contribution in [3.05, 3.63) is 72.9 Å². The Balaban J connectivity index is 4.49. The number of hydrogen-bond acceptors (Lipinski definition) is 5. The van der Waals surface area contributed by atoms with Gasteiger partial charge in [-0.3, -0.25) is 4.79 Å². The summed E-state index contributed by atoms with van der Waals surface area (Å²) in [4.78, 5) is 22.8. The van der Waals surface area contributed by atoms with Crippen LogP contribution in [0.25, 0.3) is 0 Å². The van der Waals surface area contributed by atoms with E-state index in [1.807, 2.05) is 36.5 Å². The van der Waals surface area contributed by atoms with Gasteiger partial charge in [-0.15, -0.1) is 0 Å². The first kappa shape index (κ1) is 28.9. The lowest BCUT2D eigenvalue weighted by Crippen LogP contribution is -2.41. The predicted octanol–water partition coefficient (Wildman–Crippen LogP) is 4.57. The molecule has 0 rings (SSSR count). The van der Waals surface area contributed by atoms with Crippen molar-refractivity contribution in [1.82, 2.24) is 0 Å². The molecule has 0 radical (unpaired) electrons. The van der Waals surface area contributed by atoms with Crippen molar-refractivity contribution in [3.63, 3.8) is 0 Å². The Labute approximate surface area is 192 Å². The zero-order valence-electron chi connectivity index (χ0n) is 18.3. The Hall–Kier alpha value is -2.15. The lowest BCUT2D eigenvalue weighted by atomic mass is 9.90. The number of carbonyl (C=O) groups excluding carboxylic acids is 1. The van der Waals surface area contributed by atoms with Gasteiger partial charge in [0.25, 0.3) is 0 Å². The van der Waals surface area contributed by atoms with Gasteiger partial charge in [0.1, 0.15) is 0 Å². The van der Waals surface area contributed by atoms with Crippen LogP contribution < -0.4 is 5.73 Å². The summed E-state index contributed by atoms with van der Waals surface area (Å²) >= 11 is 4.10. The summed E-state index contributed by atoms with van der Waals surface area (Å²) in [6.45, 7) is 2.10. The highest BCUT2D eigenvalue weighted by Crippen LogP contribution is 2.16. The number of Topliss-reactive ketones (excluding diaryl/α,β-unsaturated/α-hetero) is 1. The van der Waals surface area contributed by atoms with Crippen LogP contribution in [0, 0.1) is 5.92 Å². The summed E-state index contributed by atoms with van der Waals surface area (Å²) < 4.78 is 0. The normalized spacial score (nSPS) is 15.9. The average molecular weight is 448 g/mol. The van der Waals surface area contributed by atoms with E-state index in [1.165, 1.54) is 6.08 Å². The first-order valence-electron chi connectivity index (χ1n) is 10.7. The smallest absolute Gasteiger partial charge is 0.328 e. The number of aliphatic carboxylic acids is 1. The molecule has 5 nitrogen and oxygen atoms in total. The van der Waals surface area contributed by atoms with Crippen LogP contribution in [0.15, 0.2) is 72.9 Å². The van der Waals surface area contributed by atoms with E-state index in [1.54, 1.807) is 24.3 Å². The number of aliphatic hydroxyl groups is 1. The van der Waals surface area contributed by atoms with Crippen LogP contribution in [-0.2, 0) is 9.59 Å². The number of aliphatic hydroxyl groups excluding tert-OH is 1. The molecule has 0 bridgehead atoms. The number of carboxylic acids is 1. The van der Waals surface area contributed by atoms with Gasteiger partial charge in [0.2, 0.25) is 0 Å². The van der Waals surface area contributed by atoms with E-state index in [-0.39, 0.29) is 11.5 Å². The topological polar surface area (TPSA) is 101 Å². The number of rotatable bonds is 17. The summed E-state index contributed by atoms with van der Waals surface area (Å²) in [5.41, 5.74) is 5.83. The third-order valence-corrected chi connectivity index (χ3v) is 4.80. The molecular weight excluding hydrogens is 410 g/mol. The third kappa shape index (κ3) is 16.2. The Kier molecular flexibility index (Phi) is 18.4. The van der Waals surface area contributed by atoms with E-state index < -0.39 is 24.0 Å². The van der Waals surface area contributed by atoms with Gasteiger partial charge in [-0.05, 0) is 19.3 Å². The van der Waals surface area contributed by atoms with Crippen LogP contribution in [0.5, 0.6) is 0 Å². The molecule has 172 valence electrons. The molecule has 0 aromatic carbocycles. The van der Waals surface area contributed by atoms with Crippen molar-refractivity contribution in [1.29, 1.82) is 0 Å². The van der Waals surface area contributed by atoms with Crippen molar-refractivity contribution < 1.29 is 19.8 Å². The SMILES string of the molecule is CCCCCC(O)C(C=CC=CC=CCC/C=C\C=C/C=CC(=O)O)C(=O)[C@@H](N)CS. The van der Waals surface area contributed by atoms with Crippen LogP contribution in [-0.4, -0.2) is 39.9 Å². The maximum absolute atomic E-state index is 12.5. The van der Waals surface area contributed by atoms with E-state index in [0.29, 0.717) is 6.42 Å². The summed E-state index contributed by atoms with van der Waals surface area (Å²) in [6.07, 6.45) is 25.6. The quantitative estimate of drug-likeness (QED) is 0.113. The Bertz CT molecular complexity index is 677. The molecule has 0 aliphatic rings. The molecule has 3 atom stereocenters. The molecule has 0 fully saturated rings. The average Bonchev–Trinajstić information content (AvgIpc) is 2.75. The first-order chi connectivity index (χ1) is 14.9. The fourth-order valence-corrected chi connectivity index (χ4v) is 2.83. The summed E-state index contributed by atoms with van der Waals surface area (Å²) in [6, 6.07) is -0.682. The molecule has 2 unspecified atom stereocenters. The molecule has 0 saturated carbocycles. The number of ketones is 1. The molecule has 31 heavy (non-hydrogen) atoms. The second-order valence-electron chi connectivity index (χ2n) is 7.07. The van der Waals surface area contributed by atoms with E-state index in [9.17, 15) is 14.7 Å². The van der Waals surface area contributed by atoms with Crippen LogP contribution in [0.1, 0.15) is 45.4 Å². The highest BCUT2D eigenvalue weighted by molar-refractivity contribution is 7.80. The molecule has 0 saturated heterocycles. The van der Waals surface area contributed by atoms with Gasteiger partial charge < -0.3 is 15.9 Å². The molecule has 0 aliphatic carbocycles. The summed E-state index contributed by atoms with van der Waals surface area (Å²) in [5, 5.41) is 18.9. The molecule has 0 amide bonds. The van der Waals surface area contributed by atoms with Crippen LogP contribution >= 0.6 is 12.6 Å². The summed E-state index contributed by atoms with van der Waals surface area (Å²) in [5.74, 6) is -1.50. The molecule has 0 aliphatic heterocycles. The van der Waals surface area contributed by atoms with Crippen LogP contribution in [0.2, 0.25) is 0 Å². The third-order valence-electron chi connectivity index (χ3n) is 4.40. The first-order valence-corrected chi connectivity index (χ1v) is 11.4. The minimum absolute atomic E-state index is 0.182. The molecule has 0 aromatic heterocycles. The predicted molar refractivity (Wildman–Crippen MR) is 132 cm³/mol. The fourth-order valence-electron chi connectivity index (χ4n) is 2.65. The minimum atomic E-state index is -0.965. The number of carbonyl (C=O) groups is 2. The number of carboxylic acid groups (broad SMARTS) is 1. The highest BCUT2D eigenvalue weighted by Gasteiger charge is 2.27. The molecular formula is C25H37NO4S. The van der Waals surface area contributed by atoms with Gasteiger partial charge in [-0.1, -0.05) is 93.0 Å². The van der Waals surface area contributed by atoms with Gasteiger partial charge in [-0.2, -0.15) is 12.6 Å². The van der Waals surface area contributed by atoms with Gasteiger partial charge in [0, 0.05) is 11.8 Å². The number of hydrogen-bond donors (Lipinski definition) is 4. The minimum Gasteiger partial charge on any atom is -0.478 e. The molecule has 0 spiro atoms. The van der Waals surface area contributed by atoms with Crippen LogP contribution in [0.3, 0.4) is 0 Å². The largest absolute Gasteiger partial charge is 0.478 e. The Morgan fingerprint density at radius 1 is 0.935 bits per heavy atom. The van der Waals surface area contributed by atoms with Crippen LogP contribution in [0.4, 0.5) is 0 Å². The lowest BCUT2D eigenvalue weighted by Gasteiger charge is -2.21. The van der Waals surface area contributed by atoms with Gasteiger partial charge in [0.05, 0.1) is 18.1 Å². The standard InChI is InChI=1S/C25H37NO4S/c1-2-3-14-18-23(27)21(25(30)22(26)20-31)17-15-12-10-8-6-4-5-7-9-11-13-16-19-24(28)29/h6-13,15-17,19,21-23,27,31H,2-5,14,18,20,26H2,1H3,(H,28,29)/b8-6?,9-7-,12-10?,13-11-,17-15?,19-16?/t21?,22-,23?/m0/s1.